The normalized spacial score (nSPS) is 10.7. The van der Waals surface area contributed by atoms with Crippen LogP contribution in [-0.2, 0) is 22.5 Å². The lowest BCUT2D eigenvalue weighted by Gasteiger charge is -2.12. The Morgan fingerprint density at radius 3 is 2.64 bits per heavy atom. The summed E-state index contributed by atoms with van der Waals surface area (Å²) in [5.41, 5.74) is 9.30. The first-order valence-corrected chi connectivity index (χ1v) is 8.51. The van der Waals surface area contributed by atoms with Crippen molar-refractivity contribution in [3.63, 3.8) is 0 Å². The van der Waals surface area contributed by atoms with Gasteiger partial charge in [-0.2, -0.15) is 0 Å². The molecule has 25 heavy (non-hydrogen) atoms. The van der Waals surface area contributed by atoms with Crippen LogP contribution < -0.4 is 5.73 Å². The first kappa shape index (κ1) is 18.7. The number of aromatic nitrogens is 2. The fourth-order valence-corrected chi connectivity index (χ4v) is 3.09. The first-order valence-electron chi connectivity index (χ1n) is 8.51. The number of nitrogens with zero attached hydrogens (tertiary/aromatic N) is 2. The lowest BCUT2D eigenvalue weighted by molar-refractivity contribution is -0.140. The average Bonchev–Trinajstić information content (AvgIpc) is 2.90. The number of nitrogens with two attached hydrogens (primary N) is 1. The summed E-state index contributed by atoms with van der Waals surface area (Å²) in [5, 5.41) is 0. The number of carbonyl (C=O) groups is 2. The van der Waals surface area contributed by atoms with Gasteiger partial charge in [0, 0.05) is 29.7 Å². The minimum Gasteiger partial charge on any atom is -0.469 e. The molecule has 2 aromatic rings. The van der Waals surface area contributed by atoms with E-state index < -0.39 is 5.91 Å². The molecule has 2 N–H and O–H groups in total. The van der Waals surface area contributed by atoms with Crippen molar-refractivity contribution in [2.45, 2.75) is 46.1 Å². The number of primary amides is 1. The van der Waals surface area contributed by atoms with Crippen LogP contribution in [0.15, 0.2) is 24.4 Å². The molecule has 0 aromatic carbocycles. The number of methoxy groups -OCH3 is 1. The van der Waals surface area contributed by atoms with E-state index in [9.17, 15) is 9.59 Å². The maximum atomic E-state index is 12.1. The Labute approximate surface area is 148 Å². The summed E-state index contributed by atoms with van der Waals surface area (Å²) in [7, 11) is 1.37. The van der Waals surface area contributed by atoms with Gasteiger partial charge in [-0.3, -0.25) is 14.6 Å². The topological polar surface area (TPSA) is 87.2 Å². The van der Waals surface area contributed by atoms with E-state index in [2.05, 4.69) is 16.5 Å². The number of amides is 1. The van der Waals surface area contributed by atoms with E-state index in [0.717, 1.165) is 36.3 Å². The maximum absolute atomic E-state index is 12.1. The van der Waals surface area contributed by atoms with Crippen molar-refractivity contribution in [2.24, 2.45) is 5.73 Å². The molecule has 1 amide bonds. The molecule has 2 rings (SSSR count). The van der Waals surface area contributed by atoms with E-state index in [4.69, 9.17) is 10.5 Å². The zero-order valence-corrected chi connectivity index (χ0v) is 15.0. The van der Waals surface area contributed by atoms with Crippen LogP contribution in [0.2, 0.25) is 0 Å². The second-order valence-electron chi connectivity index (χ2n) is 5.94. The zero-order valence-electron chi connectivity index (χ0n) is 15.0. The third kappa shape index (κ3) is 4.07. The van der Waals surface area contributed by atoms with Gasteiger partial charge in [0.25, 0.3) is 5.91 Å². The van der Waals surface area contributed by atoms with Crippen LogP contribution in [0.5, 0.6) is 0 Å². The van der Waals surface area contributed by atoms with Crippen molar-refractivity contribution in [3.8, 4) is 11.3 Å². The van der Waals surface area contributed by atoms with E-state index in [1.807, 2.05) is 25.1 Å². The molecular formula is C19H25N3O3. The fourth-order valence-electron chi connectivity index (χ4n) is 3.09. The summed E-state index contributed by atoms with van der Waals surface area (Å²) >= 11 is 0. The molecule has 0 saturated carbocycles. The predicted molar refractivity (Wildman–Crippen MR) is 96.2 cm³/mol. The number of esters is 1. The summed E-state index contributed by atoms with van der Waals surface area (Å²) in [5.74, 6) is -0.763. The highest BCUT2D eigenvalue weighted by atomic mass is 16.5. The number of hydrogen-bond donors (Lipinski definition) is 1. The number of unbranched alkanes of at least 4 members (excludes halogenated alkanes) is 1. The molecule has 0 bridgehead atoms. The monoisotopic (exact) mass is 343 g/mol. The molecule has 6 nitrogen and oxygen atoms in total. The first-order chi connectivity index (χ1) is 12.0. The van der Waals surface area contributed by atoms with Crippen LogP contribution in [-0.4, -0.2) is 28.5 Å². The SMILES string of the molecule is CCCCn1c(C)c(C(N)=O)c(-c2ccccn2)c1CCC(=O)OC. The van der Waals surface area contributed by atoms with Gasteiger partial charge < -0.3 is 15.0 Å². The molecule has 134 valence electrons. The molecule has 2 aromatic heterocycles. The van der Waals surface area contributed by atoms with Gasteiger partial charge in [-0.15, -0.1) is 0 Å². The van der Waals surface area contributed by atoms with Gasteiger partial charge in [0.2, 0.25) is 0 Å². The quantitative estimate of drug-likeness (QED) is 0.747. The van der Waals surface area contributed by atoms with Crippen molar-refractivity contribution >= 4 is 11.9 Å². The molecule has 0 saturated heterocycles. The van der Waals surface area contributed by atoms with Crippen molar-refractivity contribution in [3.05, 3.63) is 41.3 Å². The van der Waals surface area contributed by atoms with Gasteiger partial charge in [0.05, 0.1) is 24.8 Å². The Bertz CT molecular complexity index is 751. The smallest absolute Gasteiger partial charge is 0.305 e. The highest BCUT2D eigenvalue weighted by molar-refractivity contribution is 6.01. The van der Waals surface area contributed by atoms with Gasteiger partial charge in [0.15, 0.2) is 0 Å². The number of hydrogen-bond acceptors (Lipinski definition) is 4. The number of carbonyl (C=O) groups excluding carboxylic acids is 2. The predicted octanol–water partition coefficient (Wildman–Crippen LogP) is 2.86. The molecule has 0 atom stereocenters. The minimum atomic E-state index is -0.479. The maximum Gasteiger partial charge on any atom is 0.305 e. The number of pyridine rings is 1. The molecular weight excluding hydrogens is 318 g/mol. The molecule has 2 heterocycles. The molecule has 0 aliphatic rings. The van der Waals surface area contributed by atoms with Crippen LogP contribution in [0.1, 0.15) is 47.9 Å². The van der Waals surface area contributed by atoms with Crippen molar-refractivity contribution < 1.29 is 14.3 Å². The summed E-state index contributed by atoms with van der Waals surface area (Å²) < 4.78 is 6.86. The van der Waals surface area contributed by atoms with Crippen LogP contribution >= 0.6 is 0 Å². The van der Waals surface area contributed by atoms with Crippen LogP contribution in [0.3, 0.4) is 0 Å². The highest BCUT2D eigenvalue weighted by Crippen LogP contribution is 2.32. The lowest BCUT2D eigenvalue weighted by atomic mass is 10.0. The summed E-state index contributed by atoms with van der Waals surface area (Å²) in [4.78, 5) is 28.2. The second kappa shape index (κ2) is 8.46. The third-order valence-electron chi connectivity index (χ3n) is 4.33. The zero-order chi connectivity index (χ0) is 18.4. The molecule has 0 fully saturated rings. The Morgan fingerprint density at radius 1 is 1.32 bits per heavy atom. The summed E-state index contributed by atoms with van der Waals surface area (Å²) in [6, 6.07) is 5.55. The number of ether oxygens (including phenoxy) is 1. The highest BCUT2D eigenvalue weighted by Gasteiger charge is 2.25. The Kier molecular flexibility index (Phi) is 6.33. The third-order valence-corrected chi connectivity index (χ3v) is 4.33. The van der Waals surface area contributed by atoms with Gasteiger partial charge in [0.1, 0.15) is 0 Å². The van der Waals surface area contributed by atoms with E-state index in [0.29, 0.717) is 17.7 Å². The van der Waals surface area contributed by atoms with Gasteiger partial charge in [-0.25, -0.2) is 0 Å². The largest absolute Gasteiger partial charge is 0.469 e. The van der Waals surface area contributed by atoms with E-state index in [1.54, 1.807) is 6.20 Å². The van der Waals surface area contributed by atoms with Gasteiger partial charge >= 0.3 is 5.97 Å². The van der Waals surface area contributed by atoms with Gasteiger partial charge in [-0.1, -0.05) is 19.4 Å². The van der Waals surface area contributed by atoms with E-state index >= 15 is 0 Å². The minimum absolute atomic E-state index is 0.240. The summed E-state index contributed by atoms with van der Waals surface area (Å²) in [6.07, 6.45) is 4.39. The Balaban J connectivity index is 2.63. The molecule has 0 spiro atoms. The lowest BCUT2D eigenvalue weighted by Crippen LogP contribution is -2.13. The van der Waals surface area contributed by atoms with Crippen molar-refractivity contribution in [1.29, 1.82) is 0 Å². The van der Waals surface area contributed by atoms with Crippen molar-refractivity contribution in [1.82, 2.24) is 9.55 Å². The molecule has 0 unspecified atom stereocenters. The summed E-state index contributed by atoms with van der Waals surface area (Å²) in [6.45, 7) is 4.78. The Hall–Kier alpha value is -2.63. The number of rotatable bonds is 8. The fraction of sp³-hybridized carbons (Fsp3) is 0.421. The van der Waals surface area contributed by atoms with E-state index in [-0.39, 0.29) is 12.4 Å². The van der Waals surface area contributed by atoms with Gasteiger partial charge in [-0.05, 0) is 31.9 Å². The average molecular weight is 343 g/mol. The van der Waals surface area contributed by atoms with E-state index in [1.165, 1.54) is 7.11 Å². The molecule has 0 radical (unpaired) electrons. The van der Waals surface area contributed by atoms with Crippen molar-refractivity contribution in [2.75, 3.05) is 7.11 Å². The molecule has 0 aliphatic carbocycles. The molecule has 0 aliphatic heterocycles. The van der Waals surface area contributed by atoms with Crippen LogP contribution in [0.4, 0.5) is 0 Å². The second-order valence-corrected chi connectivity index (χ2v) is 5.94. The van der Waals surface area contributed by atoms with Crippen LogP contribution in [0, 0.1) is 6.92 Å². The standard InChI is InChI=1S/C19H25N3O3/c1-4-5-12-22-13(2)17(19(20)24)18(14-8-6-7-11-21-14)15(22)9-10-16(23)25-3/h6-8,11H,4-5,9-10,12H2,1-3H3,(H2,20,24). The van der Waals surface area contributed by atoms with Crippen LogP contribution in [0.25, 0.3) is 11.3 Å². The molecule has 6 heteroatoms. The Morgan fingerprint density at radius 2 is 2.08 bits per heavy atom.